The Morgan fingerprint density at radius 2 is 1.76 bits per heavy atom. The maximum absolute atomic E-state index is 6.18. The molecule has 2 atom stereocenters. The summed E-state index contributed by atoms with van der Waals surface area (Å²) in [5.41, 5.74) is 8.76. The highest BCUT2D eigenvalue weighted by atomic mass is 32.1. The first-order valence-corrected chi connectivity index (χ1v) is 8.29. The maximum Gasteiger partial charge on any atom is 0.148 e. The second-order valence-electron chi connectivity index (χ2n) is 6.02. The van der Waals surface area contributed by atoms with Crippen molar-refractivity contribution in [3.8, 4) is 5.75 Å². The maximum atomic E-state index is 6.18. The van der Waals surface area contributed by atoms with Gasteiger partial charge in [-0.25, -0.2) is 0 Å². The van der Waals surface area contributed by atoms with Gasteiger partial charge in [-0.1, -0.05) is 19.9 Å². The Balaban J connectivity index is 2.23. The van der Waals surface area contributed by atoms with Crippen molar-refractivity contribution in [1.29, 1.82) is 0 Å². The largest absolute Gasteiger partial charge is 0.483 e. The van der Waals surface area contributed by atoms with Gasteiger partial charge in [0.15, 0.2) is 0 Å². The van der Waals surface area contributed by atoms with E-state index in [1.165, 1.54) is 20.9 Å². The number of hydrogen-bond donors (Lipinski definition) is 1. The monoisotopic (exact) mass is 303 g/mol. The minimum absolute atomic E-state index is 0.0480. The fourth-order valence-corrected chi connectivity index (χ4v) is 3.57. The van der Waals surface area contributed by atoms with Crippen LogP contribution >= 0.6 is 11.3 Å². The summed E-state index contributed by atoms with van der Waals surface area (Å²) in [6.07, 6.45) is -0.0898. The third-order valence-electron chi connectivity index (χ3n) is 3.65. The van der Waals surface area contributed by atoms with Crippen molar-refractivity contribution < 1.29 is 4.74 Å². The predicted molar refractivity (Wildman–Crippen MR) is 91.3 cm³/mol. The predicted octanol–water partition coefficient (Wildman–Crippen LogP) is 4.96. The van der Waals surface area contributed by atoms with Crippen molar-refractivity contribution in [3.05, 3.63) is 51.2 Å². The molecule has 1 aromatic heterocycles. The van der Waals surface area contributed by atoms with E-state index >= 15 is 0 Å². The smallest absolute Gasteiger partial charge is 0.148 e. The molecule has 0 aliphatic carbocycles. The van der Waals surface area contributed by atoms with Gasteiger partial charge in [0.1, 0.15) is 11.9 Å². The zero-order chi connectivity index (χ0) is 15.6. The van der Waals surface area contributed by atoms with Crippen LogP contribution in [-0.4, -0.2) is 6.04 Å². The van der Waals surface area contributed by atoms with Crippen molar-refractivity contribution >= 4 is 11.3 Å². The van der Waals surface area contributed by atoms with Gasteiger partial charge in [-0.3, -0.25) is 0 Å². The first-order chi connectivity index (χ1) is 9.88. The second kappa shape index (κ2) is 6.63. The van der Waals surface area contributed by atoms with Gasteiger partial charge >= 0.3 is 0 Å². The lowest BCUT2D eigenvalue weighted by molar-refractivity contribution is 0.184. The fourth-order valence-electron chi connectivity index (χ4n) is 2.55. The first kappa shape index (κ1) is 16.1. The lowest BCUT2D eigenvalue weighted by atomic mass is 9.98. The van der Waals surface area contributed by atoms with Gasteiger partial charge in [-0.2, -0.15) is 0 Å². The van der Waals surface area contributed by atoms with Crippen molar-refractivity contribution in [3.63, 3.8) is 0 Å². The summed E-state index contributed by atoms with van der Waals surface area (Å²) in [7, 11) is 0. The Bertz CT molecular complexity index is 601. The average molecular weight is 303 g/mol. The minimum Gasteiger partial charge on any atom is -0.483 e. The number of nitrogens with two attached hydrogens (primary N) is 1. The summed E-state index contributed by atoms with van der Waals surface area (Å²) >= 11 is 1.75. The zero-order valence-electron chi connectivity index (χ0n) is 13.5. The van der Waals surface area contributed by atoms with E-state index in [-0.39, 0.29) is 12.1 Å². The van der Waals surface area contributed by atoms with Crippen molar-refractivity contribution in [2.75, 3.05) is 0 Å². The Morgan fingerprint density at radius 1 is 1.05 bits per heavy atom. The number of benzene rings is 1. The molecule has 2 unspecified atom stereocenters. The van der Waals surface area contributed by atoms with Crippen molar-refractivity contribution in [2.24, 2.45) is 5.73 Å². The third kappa shape index (κ3) is 3.86. The molecule has 114 valence electrons. The van der Waals surface area contributed by atoms with E-state index in [9.17, 15) is 0 Å². The quantitative estimate of drug-likeness (QED) is 0.847. The normalized spacial score (nSPS) is 14.2. The van der Waals surface area contributed by atoms with Gasteiger partial charge in [0.25, 0.3) is 0 Å². The van der Waals surface area contributed by atoms with E-state index in [0.717, 1.165) is 5.75 Å². The van der Waals surface area contributed by atoms with Crippen LogP contribution in [0.25, 0.3) is 0 Å². The lowest BCUT2D eigenvalue weighted by Crippen LogP contribution is -2.28. The van der Waals surface area contributed by atoms with E-state index in [1.54, 1.807) is 11.3 Å². The molecule has 3 heteroatoms. The molecular weight excluding hydrogens is 278 g/mol. The summed E-state index contributed by atoms with van der Waals surface area (Å²) in [6.45, 7) is 10.7. The molecule has 0 aliphatic heterocycles. The summed E-state index contributed by atoms with van der Waals surface area (Å²) in [5.74, 6) is 1.42. The first-order valence-electron chi connectivity index (χ1n) is 7.47. The second-order valence-corrected chi connectivity index (χ2v) is 7.34. The van der Waals surface area contributed by atoms with Crippen LogP contribution in [0.4, 0.5) is 0 Å². The summed E-state index contributed by atoms with van der Waals surface area (Å²) in [6, 6.07) is 10.5. The molecule has 2 rings (SSSR count). The van der Waals surface area contributed by atoms with Crippen LogP contribution in [0.3, 0.4) is 0 Å². The molecule has 2 aromatic rings. The Morgan fingerprint density at radius 3 is 2.24 bits per heavy atom. The van der Waals surface area contributed by atoms with Gasteiger partial charge in [-0.15, -0.1) is 11.3 Å². The average Bonchev–Trinajstić information content (AvgIpc) is 2.81. The molecule has 21 heavy (non-hydrogen) atoms. The molecule has 2 nitrogen and oxygen atoms in total. The highest BCUT2D eigenvalue weighted by Gasteiger charge is 2.20. The SMILES string of the molecule is Cc1ccc(C(Oc2ccc(C(C)C)c(C)c2)C(C)N)s1. The third-order valence-corrected chi connectivity index (χ3v) is 4.71. The topological polar surface area (TPSA) is 35.2 Å². The van der Waals surface area contributed by atoms with E-state index in [2.05, 4.69) is 58.0 Å². The molecular formula is C18H25NOS. The van der Waals surface area contributed by atoms with Crippen LogP contribution in [0.2, 0.25) is 0 Å². The standard InChI is InChI=1S/C18H25NOS/c1-11(2)16-8-7-15(10-12(16)3)20-18(14(5)19)17-9-6-13(4)21-17/h6-11,14,18H,19H2,1-5H3. The summed E-state index contributed by atoms with van der Waals surface area (Å²) in [5, 5.41) is 0. The fraction of sp³-hybridized carbons (Fsp3) is 0.444. The van der Waals surface area contributed by atoms with Crippen LogP contribution in [-0.2, 0) is 0 Å². The van der Waals surface area contributed by atoms with Crippen LogP contribution in [0.15, 0.2) is 30.3 Å². The van der Waals surface area contributed by atoms with Gasteiger partial charge in [0.05, 0.1) is 0 Å². The number of thiophene rings is 1. The van der Waals surface area contributed by atoms with Gasteiger partial charge in [-0.05, 0) is 62.1 Å². The Kier molecular flexibility index (Phi) is 5.07. The molecule has 1 heterocycles. The molecule has 0 fully saturated rings. The molecule has 2 N–H and O–H groups in total. The van der Waals surface area contributed by atoms with E-state index in [0.29, 0.717) is 5.92 Å². The molecule has 0 amide bonds. The molecule has 0 saturated heterocycles. The van der Waals surface area contributed by atoms with Gasteiger partial charge in [0, 0.05) is 15.8 Å². The van der Waals surface area contributed by atoms with Crippen LogP contribution in [0.1, 0.15) is 53.7 Å². The Labute approximate surface area is 132 Å². The molecule has 0 spiro atoms. The molecule has 0 radical (unpaired) electrons. The minimum atomic E-state index is -0.0898. The number of rotatable bonds is 5. The highest BCUT2D eigenvalue weighted by molar-refractivity contribution is 7.12. The number of hydrogen-bond acceptors (Lipinski definition) is 3. The highest BCUT2D eigenvalue weighted by Crippen LogP contribution is 2.31. The number of ether oxygens (including phenoxy) is 1. The Hall–Kier alpha value is -1.32. The zero-order valence-corrected chi connectivity index (χ0v) is 14.3. The van der Waals surface area contributed by atoms with Crippen molar-refractivity contribution in [1.82, 2.24) is 0 Å². The van der Waals surface area contributed by atoms with Crippen LogP contribution in [0, 0.1) is 13.8 Å². The molecule has 0 aliphatic rings. The summed E-state index contributed by atoms with van der Waals surface area (Å²) in [4.78, 5) is 2.47. The molecule has 0 saturated carbocycles. The molecule has 1 aromatic carbocycles. The number of aryl methyl sites for hydroxylation is 2. The van der Waals surface area contributed by atoms with Crippen molar-refractivity contribution in [2.45, 2.75) is 52.7 Å². The van der Waals surface area contributed by atoms with E-state index in [4.69, 9.17) is 10.5 Å². The van der Waals surface area contributed by atoms with Crippen LogP contribution in [0.5, 0.6) is 5.75 Å². The van der Waals surface area contributed by atoms with E-state index in [1.807, 2.05) is 6.92 Å². The van der Waals surface area contributed by atoms with Gasteiger partial charge in [0.2, 0.25) is 0 Å². The summed E-state index contributed by atoms with van der Waals surface area (Å²) < 4.78 is 6.18. The molecule has 0 bridgehead atoms. The van der Waals surface area contributed by atoms with Crippen LogP contribution < -0.4 is 10.5 Å². The van der Waals surface area contributed by atoms with E-state index < -0.39 is 0 Å². The lowest BCUT2D eigenvalue weighted by Gasteiger charge is -2.22. The van der Waals surface area contributed by atoms with Gasteiger partial charge < -0.3 is 10.5 Å².